The molecule has 1 unspecified atom stereocenters. The van der Waals surface area contributed by atoms with Gasteiger partial charge < -0.3 is 5.32 Å². The van der Waals surface area contributed by atoms with Crippen LogP contribution >= 0.6 is 0 Å². The van der Waals surface area contributed by atoms with Gasteiger partial charge in [-0.05, 0) is 38.8 Å². The van der Waals surface area contributed by atoms with Crippen LogP contribution in [-0.4, -0.2) is 16.3 Å². The van der Waals surface area contributed by atoms with Crippen molar-refractivity contribution < 1.29 is 0 Å². The number of rotatable bonds is 6. The molecule has 1 fully saturated rings. The molecular weight excluding hydrogens is 198 g/mol. The van der Waals surface area contributed by atoms with E-state index in [1.54, 1.807) is 0 Å². The number of hydrogen-bond donors (Lipinski definition) is 1. The number of hydrogen-bond acceptors (Lipinski definition) is 2. The van der Waals surface area contributed by atoms with Gasteiger partial charge >= 0.3 is 0 Å². The smallest absolute Gasteiger partial charge is 0.0597 e. The Balaban J connectivity index is 2.14. The van der Waals surface area contributed by atoms with E-state index >= 15 is 0 Å². The summed E-state index contributed by atoms with van der Waals surface area (Å²) in [5, 5.41) is 8.13. The molecule has 0 amide bonds. The Labute approximate surface area is 98.2 Å². The lowest BCUT2D eigenvalue weighted by Gasteiger charge is -2.18. The van der Waals surface area contributed by atoms with Gasteiger partial charge in [-0.15, -0.1) is 0 Å². The molecule has 3 nitrogen and oxygen atoms in total. The molecule has 1 aromatic heterocycles. The minimum atomic E-state index is 0.499. The number of nitrogens with one attached hydrogen (secondary N) is 1. The molecule has 1 aromatic rings. The third kappa shape index (κ3) is 2.64. The molecule has 2 rings (SSSR count). The first-order valence-electron chi connectivity index (χ1n) is 6.52. The number of nitrogens with zero attached hydrogens (tertiary/aromatic N) is 2. The van der Waals surface area contributed by atoms with Crippen molar-refractivity contribution in [1.29, 1.82) is 0 Å². The average Bonchev–Trinajstić information content (AvgIpc) is 2.99. The van der Waals surface area contributed by atoms with Gasteiger partial charge in [-0.3, -0.25) is 4.68 Å². The summed E-state index contributed by atoms with van der Waals surface area (Å²) >= 11 is 0. The van der Waals surface area contributed by atoms with E-state index in [9.17, 15) is 0 Å². The molecule has 0 radical (unpaired) electrons. The summed E-state index contributed by atoms with van der Waals surface area (Å²) in [5.74, 6) is 0.949. The first-order chi connectivity index (χ1) is 7.74. The topological polar surface area (TPSA) is 29.9 Å². The van der Waals surface area contributed by atoms with Gasteiger partial charge in [-0.2, -0.15) is 5.10 Å². The number of aromatic nitrogens is 2. The van der Waals surface area contributed by atoms with Crippen molar-refractivity contribution in [2.75, 3.05) is 6.54 Å². The van der Waals surface area contributed by atoms with Gasteiger partial charge in [-0.1, -0.05) is 19.8 Å². The highest BCUT2D eigenvalue weighted by atomic mass is 15.3. The van der Waals surface area contributed by atoms with Crippen LogP contribution in [0.4, 0.5) is 0 Å². The lowest BCUT2D eigenvalue weighted by molar-refractivity contribution is 0.446. The van der Waals surface area contributed by atoms with Crippen molar-refractivity contribution in [2.45, 2.75) is 52.6 Å². The van der Waals surface area contributed by atoms with Gasteiger partial charge in [0.1, 0.15) is 0 Å². The average molecular weight is 221 g/mol. The molecule has 1 saturated carbocycles. The van der Waals surface area contributed by atoms with Gasteiger partial charge in [0.15, 0.2) is 0 Å². The van der Waals surface area contributed by atoms with Crippen LogP contribution in [0.1, 0.15) is 50.5 Å². The van der Waals surface area contributed by atoms with E-state index in [0.717, 1.165) is 24.7 Å². The predicted octanol–water partition coefficient (Wildman–Crippen LogP) is 2.66. The minimum absolute atomic E-state index is 0.499. The van der Waals surface area contributed by atoms with Crippen LogP contribution in [-0.2, 0) is 6.54 Å². The van der Waals surface area contributed by atoms with Crippen molar-refractivity contribution in [3.05, 3.63) is 17.5 Å². The van der Waals surface area contributed by atoms with Gasteiger partial charge in [0.25, 0.3) is 0 Å². The fourth-order valence-electron chi connectivity index (χ4n) is 2.34. The van der Waals surface area contributed by atoms with Crippen LogP contribution in [0.25, 0.3) is 0 Å². The van der Waals surface area contributed by atoms with Crippen molar-refractivity contribution >= 4 is 0 Å². The Morgan fingerprint density at radius 1 is 1.50 bits per heavy atom. The van der Waals surface area contributed by atoms with E-state index in [4.69, 9.17) is 0 Å². The molecule has 0 spiro atoms. The molecule has 1 N–H and O–H groups in total. The Kier molecular flexibility index (Phi) is 3.64. The van der Waals surface area contributed by atoms with Crippen LogP contribution in [0, 0.1) is 12.8 Å². The van der Waals surface area contributed by atoms with Crippen LogP contribution in [0.3, 0.4) is 0 Å². The second-order valence-corrected chi connectivity index (χ2v) is 4.82. The molecule has 1 atom stereocenters. The summed E-state index contributed by atoms with van der Waals surface area (Å²) in [4.78, 5) is 0. The summed E-state index contributed by atoms with van der Waals surface area (Å²) in [5.41, 5.74) is 2.50. The van der Waals surface area contributed by atoms with E-state index in [0.29, 0.717) is 6.04 Å². The summed E-state index contributed by atoms with van der Waals surface area (Å²) in [6.45, 7) is 8.42. The van der Waals surface area contributed by atoms with Crippen LogP contribution in [0.5, 0.6) is 0 Å². The Hall–Kier alpha value is -0.830. The Morgan fingerprint density at radius 2 is 2.25 bits per heavy atom. The van der Waals surface area contributed by atoms with Crippen LogP contribution in [0.15, 0.2) is 6.07 Å². The van der Waals surface area contributed by atoms with Gasteiger partial charge in [-0.25, -0.2) is 0 Å². The standard InChI is InChI=1S/C13H23N3/c1-4-14-12(9-11-6-7-11)13-8-10(3)15-16(13)5-2/h8,11-12,14H,4-7,9H2,1-3H3. The molecule has 0 bridgehead atoms. The largest absolute Gasteiger partial charge is 0.309 e. The monoisotopic (exact) mass is 221 g/mol. The van der Waals surface area contributed by atoms with Crippen LogP contribution < -0.4 is 5.32 Å². The maximum absolute atomic E-state index is 4.54. The molecule has 16 heavy (non-hydrogen) atoms. The van der Waals surface area contributed by atoms with E-state index in [2.05, 4.69) is 41.9 Å². The molecule has 1 aliphatic carbocycles. The van der Waals surface area contributed by atoms with E-state index in [1.807, 2.05) is 0 Å². The van der Waals surface area contributed by atoms with Crippen LogP contribution in [0.2, 0.25) is 0 Å². The second kappa shape index (κ2) is 5.00. The Morgan fingerprint density at radius 3 is 2.81 bits per heavy atom. The zero-order valence-corrected chi connectivity index (χ0v) is 10.7. The quantitative estimate of drug-likeness (QED) is 0.800. The summed E-state index contributed by atoms with van der Waals surface area (Å²) in [7, 11) is 0. The second-order valence-electron chi connectivity index (χ2n) is 4.82. The Bertz CT molecular complexity index is 339. The normalized spacial score (nSPS) is 17.7. The molecular formula is C13H23N3. The fourth-order valence-corrected chi connectivity index (χ4v) is 2.34. The molecule has 0 aromatic carbocycles. The predicted molar refractivity (Wildman–Crippen MR) is 66.4 cm³/mol. The molecule has 3 heteroatoms. The molecule has 1 aliphatic rings. The molecule has 90 valence electrons. The highest BCUT2D eigenvalue weighted by Crippen LogP contribution is 2.37. The summed E-state index contributed by atoms with van der Waals surface area (Å²) in [6, 6.07) is 2.73. The third-order valence-electron chi connectivity index (χ3n) is 3.31. The molecule has 0 saturated heterocycles. The summed E-state index contributed by atoms with van der Waals surface area (Å²) in [6.07, 6.45) is 4.11. The van der Waals surface area contributed by atoms with Crippen molar-refractivity contribution in [3.8, 4) is 0 Å². The van der Waals surface area contributed by atoms with E-state index in [-0.39, 0.29) is 0 Å². The van der Waals surface area contributed by atoms with Crippen molar-refractivity contribution in [2.24, 2.45) is 5.92 Å². The van der Waals surface area contributed by atoms with Crippen molar-refractivity contribution in [3.63, 3.8) is 0 Å². The van der Waals surface area contributed by atoms with Crippen molar-refractivity contribution in [1.82, 2.24) is 15.1 Å². The summed E-state index contributed by atoms with van der Waals surface area (Å²) < 4.78 is 2.14. The SMILES string of the molecule is CCNC(CC1CC1)c1cc(C)nn1CC. The fraction of sp³-hybridized carbons (Fsp3) is 0.769. The van der Waals surface area contributed by atoms with Gasteiger partial charge in [0, 0.05) is 12.6 Å². The maximum Gasteiger partial charge on any atom is 0.0597 e. The minimum Gasteiger partial charge on any atom is -0.309 e. The first kappa shape index (κ1) is 11.6. The number of aryl methyl sites for hydroxylation is 2. The molecule has 0 aliphatic heterocycles. The van der Waals surface area contributed by atoms with Gasteiger partial charge in [0.2, 0.25) is 0 Å². The van der Waals surface area contributed by atoms with E-state index < -0.39 is 0 Å². The lowest BCUT2D eigenvalue weighted by atomic mass is 10.1. The lowest BCUT2D eigenvalue weighted by Crippen LogP contribution is -2.24. The zero-order chi connectivity index (χ0) is 11.5. The zero-order valence-electron chi connectivity index (χ0n) is 10.7. The highest BCUT2D eigenvalue weighted by Gasteiger charge is 2.27. The molecule has 1 heterocycles. The maximum atomic E-state index is 4.54. The highest BCUT2D eigenvalue weighted by molar-refractivity contribution is 5.14. The first-order valence-corrected chi connectivity index (χ1v) is 6.52. The van der Waals surface area contributed by atoms with Gasteiger partial charge in [0.05, 0.1) is 11.4 Å². The third-order valence-corrected chi connectivity index (χ3v) is 3.31. The van der Waals surface area contributed by atoms with E-state index in [1.165, 1.54) is 25.0 Å².